The lowest BCUT2D eigenvalue weighted by atomic mass is 9.93. The summed E-state index contributed by atoms with van der Waals surface area (Å²) in [5.74, 6) is 0. The van der Waals surface area contributed by atoms with Crippen molar-refractivity contribution in [1.29, 1.82) is 0 Å². The van der Waals surface area contributed by atoms with Gasteiger partial charge in [0.1, 0.15) is 0 Å². The molecule has 3 nitrogen and oxygen atoms in total. The molecule has 0 unspecified atom stereocenters. The smallest absolute Gasteiger partial charge is 0.0633 e. The molecule has 0 aromatic heterocycles. The summed E-state index contributed by atoms with van der Waals surface area (Å²) in [5.41, 5.74) is 8.98. The predicted octanol–water partition coefficient (Wildman–Crippen LogP) is 3.29. The van der Waals surface area contributed by atoms with Crippen LogP contribution in [0.1, 0.15) is 36.0 Å². The van der Waals surface area contributed by atoms with Crippen LogP contribution in [0, 0.1) is 0 Å². The van der Waals surface area contributed by atoms with Crippen LogP contribution >= 0.6 is 12.4 Å². The predicted molar refractivity (Wildman–Crippen MR) is 106 cm³/mol. The van der Waals surface area contributed by atoms with Crippen LogP contribution in [0.25, 0.3) is 0 Å². The van der Waals surface area contributed by atoms with Crippen LogP contribution in [-0.2, 0) is 19.3 Å². The van der Waals surface area contributed by atoms with Gasteiger partial charge in [-0.05, 0) is 55.2 Å². The Bertz CT molecular complexity index is 583. The zero-order valence-corrected chi connectivity index (χ0v) is 15.5. The highest BCUT2D eigenvalue weighted by molar-refractivity contribution is 5.85. The van der Waals surface area contributed by atoms with Crippen molar-refractivity contribution in [3.8, 4) is 0 Å². The lowest BCUT2D eigenvalue weighted by Gasteiger charge is -2.24. The van der Waals surface area contributed by atoms with Crippen LogP contribution in [0.15, 0.2) is 54.6 Å². The standard InChI is InChI=1S/C21H29NO2.ClH/c22-21(16-23,17-24)15-14-20-12-10-19(11-13-20)9-5-4-8-18-6-2-1-3-7-18;/h1-3,6-7,10-13,23-24H,4-5,8-9,14-17,22H2;1H. The summed E-state index contributed by atoms with van der Waals surface area (Å²) in [7, 11) is 0. The maximum Gasteiger partial charge on any atom is 0.0633 e. The van der Waals surface area contributed by atoms with E-state index in [1.54, 1.807) is 0 Å². The van der Waals surface area contributed by atoms with Gasteiger partial charge in [-0.15, -0.1) is 12.4 Å². The molecule has 2 aromatic rings. The second kappa shape index (κ2) is 11.3. The molecule has 138 valence electrons. The monoisotopic (exact) mass is 363 g/mol. The van der Waals surface area contributed by atoms with E-state index in [1.165, 1.54) is 29.5 Å². The van der Waals surface area contributed by atoms with Crippen molar-refractivity contribution in [2.75, 3.05) is 13.2 Å². The van der Waals surface area contributed by atoms with Gasteiger partial charge in [-0.1, -0.05) is 54.6 Å². The van der Waals surface area contributed by atoms with E-state index in [4.69, 9.17) is 5.73 Å². The molecular formula is C21H30ClNO2. The average Bonchev–Trinajstić information content (AvgIpc) is 2.65. The summed E-state index contributed by atoms with van der Waals surface area (Å²) < 4.78 is 0. The second-order valence-corrected chi connectivity index (χ2v) is 6.69. The number of aliphatic hydroxyl groups excluding tert-OH is 2. The lowest BCUT2D eigenvalue weighted by molar-refractivity contribution is 0.115. The molecule has 0 amide bonds. The molecule has 0 heterocycles. The van der Waals surface area contributed by atoms with E-state index in [0.29, 0.717) is 6.42 Å². The van der Waals surface area contributed by atoms with E-state index in [2.05, 4.69) is 54.6 Å². The van der Waals surface area contributed by atoms with Gasteiger partial charge < -0.3 is 15.9 Å². The van der Waals surface area contributed by atoms with Crippen molar-refractivity contribution < 1.29 is 10.2 Å². The molecule has 4 heteroatoms. The molecule has 0 aliphatic rings. The fourth-order valence-electron chi connectivity index (χ4n) is 2.78. The maximum atomic E-state index is 9.23. The largest absolute Gasteiger partial charge is 0.394 e. The highest BCUT2D eigenvalue weighted by Crippen LogP contribution is 2.14. The van der Waals surface area contributed by atoms with Gasteiger partial charge >= 0.3 is 0 Å². The first kappa shape index (κ1) is 21.7. The SMILES string of the molecule is Cl.NC(CO)(CO)CCc1ccc(CCCCc2ccccc2)cc1. The molecule has 0 saturated carbocycles. The van der Waals surface area contributed by atoms with Gasteiger partial charge in [0.05, 0.1) is 18.8 Å². The molecule has 4 N–H and O–H groups in total. The number of hydrogen-bond acceptors (Lipinski definition) is 3. The third-order valence-electron chi connectivity index (χ3n) is 4.59. The van der Waals surface area contributed by atoms with Gasteiger partial charge in [-0.25, -0.2) is 0 Å². The Labute approximate surface area is 157 Å². The number of halogens is 1. The topological polar surface area (TPSA) is 66.5 Å². The molecule has 2 aromatic carbocycles. The van der Waals surface area contributed by atoms with Crippen LogP contribution in [-0.4, -0.2) is 29.0 Å². The summed E-state index contributed by atoms with van der Waals surface area (Å²) in [5, 5.41) is 18.5. The van der Waals surface area contributed by atoms with Gasteiger partial charge in [0.2, 0.25) is 0 Å². The Kier molecular flexibility index (Phi) is 9.76. The molecule has 0 radical (unpaired) electrons. The number of hydrogen-bond donors (Lipinski definition) is 3. The molecule has 0 aliphatic carbocycles. The van der Waals surface area contributed by atoms with Crippen molar-refractivity contribution in [3.05, 3.63) is 71.3 Å². The Morgan fingerprint density at radius 2 is 1.12 bits per heavy atom. The minimum atomic E-state index is -0.879. The second-order valence-electron chi connectivity index (χ2n) is 6.69. The number of rotatable bonds is 10. The number of nitrogens with two attached hydrogens (primary N) is 1. The number of unbranched alkanes of at least 4 members (excludes halogenated alkanes) is 1. The van der Waals surface area contributed by atoms with Crippen LogP contribution in [0.5, 0.6) is 0 Å². The fourth-order valence-corrected chi connectivity index (χ4v) is 2.78. The van der Waals surface area contributed by atoms with E-state index < -0.39 is 5.54 Å². The minimum absolute atomic E-state index is 0. The Morgan fingerprint density at radius 3 is 1.60 bits per heavy atom. The summed E-state index contributed by atoms with van der Waals surface area (Å²) in [4.78, 5) is 0. The zero-order chi connectivity index (χ0) is 17.3. The van der Waals surface area contributed by atoms with Crippen LogP contribution < -0.4 is 5.73 Å². The molecule has 0 spiro atoms. The maximum absolute atomic E-state index is 9.23. The van der Waals surface area contributed by atoms with Gasteiger partial charge in [0.25, 0.3) is 0 Å². The Hall–Kier alpha value is -1.39. The fraction of sp³-hybridized carbons (Fsp3) is 0.429. The lowest BCUT2D eigenvalue weighted by Crippen LogP contribution is -2.47. The first-order chi connectivity index (χ1) is 11.6. The first-order valence-electron chi connectivity index (χ1n) is 8.77. The molecule has 2 rings (SSSR count). The minimum Gasteiger partial charge on any atom is -0.394 e. The van der Waals surface area contributed by atoms with Crippen molar-refractivity contribution in [2.24, 2.45) is 5.73 Å². The summed E-state index contributed by atoms with van der Waals surface area (Å²) in [6.45, 7) is -0.383. The van der Waals surface area contributed by atoms with E-state index in [1.807, 2.05) is 0 Å². The molecule has 0 aliphatic heterocycles. The number of aryl methyl sites for hydroxylation is 3. The van der Waals surface area contributed by atoms with E-state index in [0.717, 1.165) is 19.3 Å². The van der Waals surface area contributed by atoms with E-state index in [-0.39, 0.29) is 25.6 Å². The first-order valence-corrected chi connectivity index (χ1v) is 8.77. The van der Waals surface area contributed by atoms with Gasteiger partial charge in [-0.3, -0.25) is 0 Å². The van der Waals surface area contributed by atoms with Crippen molar-refractivity contribution >= 4 is 12.4 Å². The van der Waals surface area contributed by atoms with Crippen molar-refractivity contribution in [2.45, 2.75) is 44.1 Å². The van der Waals surface area contributed by atoms with Crippen LogP contribution in [0.3, 0.4) is 0 Å². The molecule has 0 atom stereocenters. The summed E-state index contributed by atoms with van der Waals surface area (Å²) >= 11 is 0. The number of aliphatic hydroxyl groups is 2. The van der Waals surface area contributed by atoms with Gasteiger partial charge in [0, 0.05) is 0 Å². The molecule has 0 fully saturated rings. The highest BCUT2D eigenvalue weighted by atomic mass is 35.5. The Morgan fingerprint density at radius 1 is 0.680 bits per heavy atom. The quantitative estimate of drug-likeness (QED) is 0.567. The van der Waals surface area contributed by atoms with Gasteiger partial charge in [-0.2, -0.15) is 0 Å². The van der Waals surface area contributed by atoms with Crippen LogP contribution in [0.4, 0.5) is 0 Å². The third kappa shape index (κ3) is 7.57. The van der Waals surface area contributed by atoms with E-state index >= 15 is 0 Å². The van der Waals surface area contributed by atoms with Crippen molar-refractivity contribution in [1.82, 2.24) is 0 Å². The third-order valence-corrected chi connectivity index (χ3v) is 4.59. The summed E-state index contributed by atoms with van der Waals surface area (Å²) in [6, 6.07) is 19.2. The van der Waals surface area contributed by atoms with Crippen molar-refractivity contribution in [3.63, 3.8) is 0 Å². The molecular weight excluding hydrogens is 334 g/mol. The molecule has 25 heavy (non-hydrogen) atoms. The van der Waals surface area contributed by atoms with Crippen LogP contribution in [0.2, 0.25) is 0 Å². The van der Waals surface area contributed by atoms with E-state index in [9.17, 15) is 10.2 Å². The molecule has 0 saturated heterocycles. The summed E-state index contributed by atoms with van der Waals surface area (Å²) in [6.07, 6.45) is 5.98. The normalized spacial score (nSPS) is 11.2. The zero-order valence-electron chi connectivity index (χ0n) is 14.7. The van der Waals surface area contributed by atoms with Gasteiger partial charge in [0.15, 0.2) is 0 Å². The number of benzene rings is 2. The molecule has 0 bridgehead atoms. The highest BCUT2D eigenvalue weighted by Gasteiger charge is 2.22. The average molecular weight is 364 g/mol. The Balaban J connectivity index is 0.00000312.